The maximum atomic E-state index is 13.1. The number of β-lactam (4-membered cyclic amide) rings is 1. The van der Waals surface area contributed by atoms with E-state index in [1.54, 1.807) is 0 Å². The van der Waals surface area contributed by atoms with Gasteiger partial charge in [-0.1, -0.05) is 11.2 Å². The van der Waals surface area contributed by atoms with E-state index in [0.717, 1.165) is 23.2 Å². The molecule has 3 rings (SSSR count). The van der Waals surface area contributed by atoms with Gasteiger partial charge in [-0.2, -0.15) is 0 Å². The molecule has 3 atom stereocenters. The van der Waals surface area contributed by atoms with Gasteiger partial charge in [-0.05, 0) is 11.6 Å². The Kier molecular flexibility index (Phi) is 8.88. The highest BCUT2D eigenvalue weighted by Crippen LogP contribution is 2.41. The van der Waals surface area contributed by atoms with Crippen LogP contribution in [0.15, 0.2) is 34.0 Å². The molecule has 0 bridgehead atoms. The molecule has 2 aliphatic rings. The van der Waals surface area contributed by atoms with E-state index in [2.05, 4.69) is 15.5 Å². The van der Waals surface area contributed by atoms with Crippen LogP contribution in [-0.2, 0) is 38.2 Å². The number of nitrogens with one attached hydrogen (secondary N) is 1. The van der Waals surface area contributed by atoms with Crippen molar-refractivity contribution in [1.82, 2.24) is 15.2 Å². The van der Waals surface area contributed by atoms with Gasteiger partial charge < -0.3 is 30.5 Å². The lowest BCUT2D eigenvalue weighted by Crippen LogP contribution is -2.71. The molecular weight excluding hydrogens is 530 g/mol. The molecule has 1 aromatic rings. The molecule has 1 fully saturated rings. The number of carbonyl (C=O) groups excluding carboxylic acids is 5. The number of anilines is 1. The molecule has 0 aromatic carbocycles. The van der Waals surface area contributed by atoms with E-state index < -0.39 is 53.1 Å². The maximum absolute atomic E-state index is 13.1. The molecule has 0 radical (unpaired) electrons. The summed E-state index contributed by atoms with van der Waals surface area (Å²) in [7, 11) is 0. The monoisotopic (exact) mass is 553 g/mol. The molecule has 2 aliphatic heterocycles. The third kappa shape index (κ3) is 6.45. The lowest BCUT2D eigenvalue weighted by atomic mass is 10.0. The average Bonchev–Trinajstić information content (AvgIpc) is 3.25. The van der Waals surface area contributed by atoms with Crippen molar-refractivity contribution in [3.63, 3.8) is 0 Å². The first-order valence-electron chi connectivity index (χ1n) is 10.6. The summed E-state index contributed by atoms with van der Waals surface area (Å²) in [6.07, 6.45) is 1.78. The van der Waals surface area contributed by atoms with Gasteiger partial charge in [-0.25, -0.2) is 9.78 Å². The number of oxime groups is 1. The minimum Gasteiger partial charge on any atom is -0.462 e. The molecule has 1 saturated heterocycles. The number of allylic oxidation sites excluding steroid dienone is 1. The first kappa shape index (κ1) is 27.7. The molecule has 1 unspecified atom stereocenters. The van der Waals surface area contributed by atoms with Gasteiger partial charge in [0, 0.05) is 31.9 Å². The van der Waals surface area contributed by atoms with E-state index in [1.807, 2.05) is 0 Å². The van der Waals surface area contributed by atoms with Gasteiger partial charge in [0.2, 0.25) is 6.29 Å². The van der Waals surface area contributed by atoms with Crippen LogP contribution in [0.5, 0.6) is 0 Å². The van der Waals surface area contributed by atoms with Gasteiger partial charge >= 0.3 is 17.9 Å². The minimum atomic E-state index is -1.22. The van der Waals surface area contributed by atoms with Crippen LogP contribution in [0, 0.1) is 0 Å². The van der Waals surface area contributed by atoms with E-state index in [1.165, 1.54) is 43.1 Å². The van der Waals surface area contributed by atoms with Crippen molar-refractivity contribution >= 4 is 63.7 Å². The number of thiazole rings is 1. The molecule has 2 amide bonds. The molecule has 0 saturated carbocycles. The lowest BCUT2D eigenvalue weighted by molar-refractivity contribution is -0.182. The SMILES string of the molecule is CC(=O)OC/C=C/C1=C(C(=O)OC(C)OC(C)=O)N2C(=O)[C@@H](NC(=O)/C(=N\O)c3csc(N)n3)[C@@H]2SC1. The predicted octanol–water partition coefficient (Wildman–Crippen LogP) is 0.129. The van der Waals surface area contributed by atoms with Crippen molar-refractivity contribution < 1.29 is 43.4 Å². The van der Waals surface area contributed by atoms with Gasteiger partial charge in [0.15, 0.2) is 10.8 Å². The Morgan fingerprint density at radius 2 is 2.05 bits per heavy atom. The van der Waals surface area contributed by atoms with Crippen LogP contribution >= 0.6 is 23.1 Å². The van der Waals surface area contributed by atoms with Gasteiger partial charge in [-0.15, -0.1) is 23.1 Å². The summed E-state index contributed by atoms with van der Waals surface area (Å²) < 4.78 is 14.9. The average molecular weight is 554 g/mol. The van der Waals surface area contributed by atoms with Crippen LogP contribution in [0.4, 0.5) is 5.13 Å². The zero-order valence-electron chi connectivity index (χ0n) is 19.8. The van der Waals surface area contributed by atoms with Crippen LogP contribution < -0.4 is 11.1 Å². The molecule has 4 N–H and O–H groups in total. The third-order valence-electron chi connectivity index (χ3n) is 4.86. The molecular formula is C21H23N5O9S2. The van der Waals surface area contributed by atoms with Crippen LogP contribution in [0.3, 0.4) is 0 Å². The van der Waals surface area contributed by atoms with Gasteiger partial charge in [0.05, 0.1) is 0 Å². The first-order valence-corrected chi connectivity index (χ1v) is 12.6. The zero-order valence-corrected chi connectivity index (χ0v) is 21.5. The fourth-order valence-corrected chi connectivity index (χ4v) is 5.27. The number of amides is 2. The van der Waals surface area contributed by atoms with Crippen LogP contribution in [0.25, 0.3) is 0 Å². The summed E-state index contributed by atoms with van der Waals surface area (Å²) in [4.78, 5) is 66.0. The van der Waals surface area contributed by atoms with Crippen molar-refractivity contribution in [2.24, 2.45) is 5.16 Å². The van der Waals surface area contributed by atoms with E-state index in [4.69, 9.17) is 19.9 Å². The summed E-state index contributed by atoms with van der Waals surface area (Å²) >= 11 is 2.29. The third-order valence-corrected chi connectivity index (χ3v) is 6.84. The second kappa shape index (κ2) is 11.9. The van der Waals surface area contributed by atoms with Gasteiger partial charge in [-0.3, -0.25) is 24.1 Å². The molecule has 1 aromatic heterocycles. The number of fused-ring (bicyclic) bond motifs is 1. The highest BCUT2D eigenvalue weighted by molar-refractivity contribution is 8.00. The maximum Gasteiger partial charge on any atom is 0.358 e. The van der Waals surface area contributed by atoms with E-state index in [-0.39, 0.29) is 28.9 Å². The molecule has 0 aliphatic carbocycles. The van der Waals surface area contributed by atoms with Gasteiger partial charge in [0.1, 0.15) is 29.4 Å². The molecule has 14 nitrogen and oxygen atoms in total. The second-order valence-electron chi connectivity index (χ2n) is 7.54. The number of carbonyl (C=O) groups is 5. The van der Waals surface area contributed by atoms with E-state index in [0.29, 0.717) is 5.57 Å². The summed E-state index contributed by atoms with van der Waals surface area (Å²) in [5, 5.41) is 15.7. The molecule has 198 valence electrons. The van der Waals surface area contributed by atoms with Crippen molar-refractivity contribution in [3.8, 4) is 0 Å². The number of hydrogen-bond acceptors (Lipinski definition) is 14. The largest absolute Gasteiger partial charge is 0.462 e. The number of hydrogen-bond donors (Lipinski definition) is 3. The van der Waals surface area contributed by atoms with Crippen LogP contribution in [0.1, 0.15) is 26.5 Å². The zero-order chi connectivity index (χ0) is 27.3. The van der Waals surface area contributed by atoms with Crippen molar-refractivity contribution in [3.05, 3.63) is 34.5 Å². The topological polar surface area (TPSA) is 200 Å². The predicted molar refractivity (Wildman–Crippen MR) is 130 cm³/mol. The number of ether oxygens (including phenoxy) is 3. The fraction of sp³-hybridized carbons (Fsp3) is 0.381. The Labute approximate surface area is 218 Å². The van der Waals surface area contributed by atoms with Crippen molar-refractivity contribution in [2.45, 2.75) is 38.5 Å². The Morgan fingerprint density at radius 3 is 2.65 bits per heavy atom. The van der Waals surface area contributed by atoms with Crippen LogP contribution in [-0.4, -0.2) is 80.6 Å². The number of aromatic nitrogens is 1. The normalized spacial score (nSPS) is 20.1. The molecule has 37 heavy (non-hydrogen) atoms. The Balaban J connectivity index is 1.81. The number of rotatable bonds is 9. The summed E-state index contributed by atoms with van der Waals surface area (Å²) in [5.74, 6) is -3.35. The summed E-state index contributed by atoms with van der Waals surface area (Å²) in [5.41, 5.74) is 5.45. The van der Waals surface area contributed by atoms with Crippen LogP contribution in [0.2, 0.25) is 0 Å². The summed E-state index contributed by atoms with van der Waals surface area (Å²) in [6.45, 7) is 3.68. The Bertz CT molecular complexity index is 1210. The number of esters is 3. The van der Waals surface area contributed by atoms with E-state index in [9.17, 15) is 29.2 Å². The van der Waals surface area contributed by atoms with Gasteiger partial charge in [0.25, 0.3) is 11.8 Å². The quantitative estimate of drug-likeness (QED) is 0.0933. The van der Waals surface area contributed by atoms with Crippen molar-refractivity contribution in [1.29, 1.82) is 0 Å². The molecule has 3 heterocycles. The fourth-order valence-electron chi connectivity index (χ4n) is 3.40. The lowest BCUT2D eigenvalue weighted by Gasteiger charge is -2.49. The first-order chi connectivity index (χ1) is 17.5. The Hall–Kier alpha value is -3.92. The minimum absolute atomic E-state index is 0.0336. The number of thioether (sulfide) groups is 1. The smallest absolute Gasteiger partial charge is 0.358 e. The van der Waals surface area contributed by atoms with Crippen molar-refractivity contribution in [2.75, 3.05) is 18.1 Å². The second-order valence-corrected chi connectivity index (χ2v) is 9.54. The van der Waals surface area contributed by atoms with E-state index >= 15 is 0 Å². The summed E-state index contributed by atoms with van der Waals surface area (Å²) in [6, 6.07) is -1.05. The number of nitrogen functional groups attached to an aromatic ring is 1. The molecule has 16 heteroatoms. The molecule has 0 spiro atoms. The standard InChI is InChI=1S/C21H23N5O9S2/c1-9(27)33-6-4-5-12-7-36-19-15(24-17(29)14(25-32)13-8-37-21(22)23-13)18(30)26(19)16(12)20(31)35-11(3)34-10(2)28/h4-5,8,11,15,19,32H,6-7H2,1-3H3,(H2,22,23)(H,24,29)/b5-4+,25-14-/t11?,15-,19+/m1/s1. The Morgan fingerprint density at radius 1 is 1.32 bits per heavy atom. The number of nitrogens with zero attached hydrogens (tertiary/aromatic N) is 3. The number of nitrogens with two attached hydrogens (primary N) is 1. The highest BCUT2D eigenvalue weighted by atomic mass is 32.2. The highest BCUT2D eigenvalue weighted by Gasteiger charge is 2.54.